The van der Waals surface area contributed by atoms with Crippen LogP contribution in [0, 0.1) is 0 Å². The van der Waals surface area contributed by atoms with Crippen LogP contribution in [0.3, 0.4) is 0 Å². The average molecular weight is 314 g/mol. The molecule has 2 aromatic rings. The fraction of sp³-hybridized carbons (Fsp3) is 0.412. The molecular weight excluding hydrogens is 292 g/mol. The van der Waals surface area contributed by atoms with Gasteiger partial charge in [0.15, 0.2) is 0 Å². The van der Waals surface area contributed by atoms with Gasteiger partial charge in [-0.15, -0.1) is 0 Å². The van der Waals surface area contributed by atoms with Crippen LogP contribution in [0.15, 0.2) is 43.0 Å². The molecule has 23 heavy (non-hydrogen) atoms. The highest BCUT2D eigenvalue weighted by Crippen LogP contribution is 2.28. The lowest BCUT2D eigenvalue weighted by Gasteiger charge is -2.28. The summed E-state index contributed by atoms with van der Waals surface area (Å²) in [6, 6.07) is 7.71. The van der Waals surface area contributed by atoms with Crippen molar-refractivity contribution in [1.82, 2.24) is 20.2 Å². The van der Waals surface area contributed by atoms with Crippen molar-refractivity contribution < 1.29 is 9.90 Å². The van der Waals surface area contributed by atoms with Crippen molar-refractivity contribution in [1.29, 1.82) is 0 Å². The number of carbonyl (C=O) groups is 1. The Bertz CT molecular complexity index is 631. The molecule has 1 heterocycles. The van der Waals surface area contributed by atoms with E-state index in [0.29, 0.717) is 6.54 Å². The first-order chi connectivity index (χ1) is 11.2. The molecule has 0 atom stereocenters. The number of nitrogens with zero attached hydrogens (tertiary/aromatic N) is 2. The number of rotatable bonds is 5. The van der Waals surface area contributed by atoms with Crippen molar-refractivity contribution in [2.75, 3.05) is 6.61 Å². The lowest BCUT2D eigenvalue weighted by atomic mass is 9.99. The van der Waals surface area contributed by atoms with Gasteiger partial charge in [0.2, 0.25) is 0 Å². The third-order valence-corrected chi connectivity index (χ3v) is 4.43. The maximum atomic E-state index is 12.0. The molecule has 3 N–H and O–H groups in total. The molecule has 1 fully saturated rings. The van der Waals surface area contributed by atoms with E-state index in [4.69, 9.17) is 0 Å². The summed E-state index contributed by atoms with van der Waals surface area (Å²) in [5.41, 5.74) is 1.62. The summed E-state index contributed by atoms with van der Waals surface area (Å²) in [5.74, 6) is 0. The molecule has 6 heteroatoms. The molecule has 0 radical (unpaired) electrons. The normalized spacial score (nSPS) is 16.2. The molecule has 1 aliphatic rings. The maximum Gasteiger partial charge on any atom is 0.315 e. The maximum absolute atomic E-state index is 12.0. The Morgan fingerprint density at radius 1 is 1.26 bits per heavy atom. The minimum atomic E-state index is -0.435. The van der Waals surface area contributed by atoms with Crippen molar-refractivity contribution in [3.8, 4) is 5.69 Å². The molecule has 1 aromatic heterocycles. The van der Waals surface area contributed by atoms with Crippen LogP contribution in [0.25, 0.3) is 5.69 Å². The molecule has 0 aliphatic heterocycles. The number of nitrogens with one attached hydrogen (secondary N) is 2. The first kappa shape index (κ1) is 15.6. The van der Waals surface area contributed by atoms with Gasteiger partial charge >= 0.3 is 6.03 Å². The molecule has 0 unspecified atom stereocenters. The van der Waals surface area contributed by atoms with Gasteiger partial charge in [-0.3, -0.25) is 0 Å². The highest BCUT2D eigenvalue weighted by Gasteiger charge is 2.34. The number of amides is 2. The smallest absolute Gasteiger partial charge is 0.315 e. The number of benzene rings is 1. The van der Waals surface area contributed by atoms with Crippen molar-refractivity contribution in [2.45, 2.75) is 37.8 Å². The van der Waals surface area contributed by atoms with Crippen LogP contribution >= 0.6 is 0 Å². The minimum absolute atomic E-state index is 0.0000225. The topological polar surface area (TPSA) is 79.2 Å². The molecule has 1 aliphatic carbocycles. The Morgan fingerprint density at radius 3 is 2.61 bits per heavy atom. The van der Waals surface area contributed by atoms with E-state index in [9.17, 15) is 9.90 Å². The summed E-state index contributed by atoms with van der Waals surface area (Å²) in [6.45, 7) is 0.456. The van der Waals surface area contributed by atoms with Crippen molar-refractivity contribution in [3.05, 3.63) is 48.5 Å². The Balaban J connectivity index is 1.53. The Labute approximate surface area is 135 Å². The second-order valence-corrected chi connectivity index (χ2v) is 6.09. The van der Waals surface area contributed by atoms with Crippen molar-refractivity contribution >= 4 is 6.03 Å². The van der Waals surface area contributed by atoms with E-state index in [0.717, 1.165) is 36.9 Å². The summed E-state index contributed by atoms with van der Waals surface area (Å²) in [5, 5.41) is 15.3. The van der Waals surface area contributed by atoms with Gasteiger partial charge in [-0.25, -0.2) is 9.78 Å². The number of aromatic nitrogens is 2. The van der Waals surface area contributed by atoms with Gasteiger partial charge in [-0.1, -0.05) is 25.0 Å². The third kappa shape index (κ3) is 3.71. The predicted molar refractivity (Wildman–Crippen MR) is 87.2 cm³/mol. The first-order valence-electron chi connectivity index (χ1n) is 7.95. The molecule has 2 amide bonds. The van der Waals surface area contributed by atoms with Crippen LogP contribution in [0.2, 0.25) is 0 Å². The fourth-order valence-corrected chi connectivity index (χ4v) is 3.04. The van der Waals surface area contributed by atoms with Crippen LogP contribution < -0.4 is 10.6 Å². The number of aliphatic hydroxyl groups excluding tert-OH is 1. The van der Waals surface area contributed by atoms with Crippen LogP contribution in [0.1, 0.15) is 31.2 Å². The van der Waals surface area contributed by atoms with Gasteiger partial charge in [0.1, 0.15) is 0 Å². The molecule has 0 saturated heterocycles. The van der Waals surface area contributed by atoms with Crippen LogP contribution in [-0.2, 0) is 6.54 Å². The zero-order valence-electron chi connectivity index (χ0n) is 13.0. The monoisotopic (exact) mass is 314 g/mol. The van der Waals surface area contributed by atoms with Crippen LogP contribution in [-0.4, -0.2) is 32.8 Å². The second-order valence-electron chi connectivity index (χ2n) is 6.09. The SMILES string of the molecule is O=C(NCc1ccc(-n2ccnc2)cc1)NC1(CO)CCCC1. The van der Waals surface area contributed by atoms with E-state index in [2.05, 4.69) is 15.6 Å². The van der Waals surface area contributed by atoms with Gasteiger partial charge < -0.3 is 20.3 Å². The predicted octanol–water partition coefficient (Wildman–Crippen LogP) is 1.98. The lowest BCUT2D eigenvalue weighted by Crippen LogP contribution is -2.52. The Morgan fingerprint density at radius 2 is 2.00 bits per heavy atom. The number of imidazole rings is 1. The highest BCUT2D eigenvalue weighted by molar-refractivity contribution is 5.74. The minimum Gasteiger partial charge on any atom is -0.394 e. The molecule has 1 saturated carbocycles. The standard InChI is InChI=1S/C17H22N4O2/c22-12-17(7-1-2-8-17)20-16(23)19-11-14-3-5-15(6-4-14)21-10-9-18-13-21/h3-6,9-10,13,22H,1-2,7-8,11-12H2,(H2,19,20,23). The van der Waals surface area contributed by atoms with E-state index < -0.39 is 5.54 Å². The molecule has 6 nitrogen and oxygen atoms in total. The zero-order valence-corrected chi connectivity index (χ0v) is 13.0. The van der Waals surface area contributed by atoms with E-state index in [1.165, 1.54) is 0 Å². The molecule has 0 spiro atoms. The zero-order chi connectivity index (χ0) is 16.1. The van der Waals surface area contributed by atoms with Crippen molar-refractivity contribution in [3.63, 3.8) is 0 Å². The Kier molecular flexibility index (Phi) is 4.62. The Hall–Kier alpha value is -2.34. The van der Waals surface area contributed by atoms with Gasteiger partial charge in [-0.2, -0.15) is 0 Å². The number of carbonyl (C=O) groups excluding carboxylic acids is 1. The van der Waals surface area contributed by atoms with E-state index in [-0.39, 0.29) is 12.6 Å². The molecule has 3 rings (SSSR count). The largest absolute Gasteiger partial charge is 0.394 e. The van der Waals surface area contributed by atoms with Gasteiger partial charge in [0.05, 0.1) is 18.5 Å². The van der Waals surface area contributed by atoms with Crippen LogP contribution in [0.5, 0.6) is 0 Å². The molecular formula is C17H22N4O2. The second kappa shape index (κ2) is 6.83. The number of aliphatic hydroxyl groups is 1. The first-order valence-corrected chi connectivity index (χ1v) is 7.95. The summed E-state index contributed by atoms with van der Waals surface area (Å²) in [6.07, 6.45) is 9.16. The molecule has 122 valence electrons. The number of hydrogen-bond donors (Lipinski definition) is 3. The summed E-state index contributed by atoms with van der Waals surface area (Å²) in [7, 11) is 0. The van der Waals surface area contributed by atoms with Gasteiger partial charge in [-0.05, 0) is 30.5 Å². The summed E-state index contributed by atoms with van der Waals surface area (Å²) < 4.78 is 1.93. The highest BCUT2D eigenvalue weighted by atomic mass is 16.3. The quantitative estimate of drug-likeness (QED) is 0.789. The van der Waals surface area contributed by atoms with Crippen molar-refractivity contribution in [2.24, 2.45) is 0 Å². The van der Waals surface area contributed by atoms with Gasteiger partial charge in [0, 0.05) is 24.6 Å². The number of hydrogen-bond acceptors (Lipinski definition) is 3. The summed E-state index contributed by atoms with van der Waals surface area (Å²) in [4.78, 5) is 16.1. The van der Waals surface area contributed by atoms with Gasteiger partial charge in [0.25, 0.3) is 0 Å². The van der Waals surface area contributed by atoms with E-state index in [1.807, 2.05) is 35.0 Å². The number of urea groups is 1. The van der Waals surface area contributed by atoms with E-state index >= 15 is 0 Å². The average Bonchev–Trinajstić information content (AvgIpc) is 3.26. The third-order valence-electron chi connectivity index (χ3n) is 4.43. The fourth-order valence-electron chi connectivity index (χ4n) is 3.04. The lowest BCUT2D eigenvalue weighted by molar-refractivity contribution is 0.163. The van der Waals surface area contributed by atoms with E-state index in [1.54, 1.807) is 12.5 Å². The molecule has 0 bridgehead atoms. The summed E-state index contributed by atoms with van der Waals surface area (Å²) >= 11 is 0. The molecule has 1 aromatic carbocycles. The van der Waals surface area contributed by atoms with Crippen LogP contribution in [0.4, 0.5) is 4.79 Å².